The number of nitrogens with one attached hydrogen (secondary N) is 1. The van der Waals surface area contributed by atoms with Crippen molar-refractivity contribution in [2.75, 3.05) is 24.5 Å². The SMILES string of the molecule is CC1CCN(c2cccc3ncccc23)CCN1. The zero-order valence-electron chi connectivity index (χ0n) is 10.8. The predicted octanol–water partition coefficient (Wildman–Crippen LogP) is 2.42. The molecule has 18 heavy (non-hydrogen) atoms. The maximum atomic E-state index is 4.43. The summed E-state index contributed by atoms with van der Waals surface area (Å²) in [5.41, 5.74) is 2.40. The van der Waals surface area contributed by atoms with Crippen LogP contribution in [0.25, 0.3) is 10.9 Å². The number of benzene rings is 1. The smallest absolute Gasteiger partial charge is 0.0722 e. The van der Waals surface area contributed by atoms with Crippen LogP contribution in [-0.4, -0.2) is 30.7 Å². The first-order valence-electron chi connectivity index (χ1n) is 6.67. The Bertz CT molecular complexity index is 533. The van der Waals surface area contributed by atoms with Crippen molar-refractivity contribution >= 4 is 16.6 Å². The van der Waals surface area contributed by atoms with Crippen molar-refractivity contribution in [2.24, 2.45) is 0 Å². The van der Waals surface area contributed by atoms with Crippen LogP contribution in [0.5, 0.6) is 0 Å². The number of hydrogen-bond acceptors (Lipinski definition) is 3. The molecule has 2 heterocycles. The molecule has 1 aromatic heterocycles. The summed E-state index contributed by atoms with van der Waals surface area (Å²) >= 11 is 0. The minimum atomic E-state index is 0.614. The summed E-state index contributed by atoms with van der Waals surface area (Å²) in [6.07, 6.45) is 3.05. The molecule has 1 atom stereocenters. The Kier molecular flexibility index (Phi) is 3.15. The van der Waals surface area contributed by atoms with Crippen LogP contribution in [0.1, 0.15) is 13.3 Å². The van der Waals surface area contributed by atoms with Crippen molar-refractivity contribution in [3.05, 3.63) is 36.5 Å². The lowest BCUT2D eigenvalue weighted by Crippen LogP contribution is -2.29. The van der Waals surface area contributed by atoms with E-state index < -0.39 is 0 Å². The summed E-state index contributed by atoms with van der Waals surface area (Å²) in [5, 5.41) is 4.79. The van der Waals surface area contributed by atoms with Crippen molar-refractivity contribution in [3.63, 3.8) is 0 Å². The van der Waals surface area contributed by atoms with Crippen molar-refractivity contribution in [1.29, 1.82) is 0 Å². The Morgan fingerprint density at radius 2 is 2.17 bits per heavy atom. The van der Waals surface area contributed by atoms with Crippen molar-refractivity contribution in [3.8, 4) is 0 Å². The monoisotopic (exact) mass is 241 g/mol. The van der Waals surface area contributed by atoms with E-state index in [2.05, 4.69) is 46.4 Å². The molecule has 3 rings (SSSR count). The first kappa shape index (κ1) is 11.5. The van der Waals surface area contributed by atoms with E-state index in [0.717, 1.165) is 25.2 Å². The van der Waals surface area contributed by atoms with Gasteiger partial charge in [0, 0.05) is 42.9 Å². The molecule has 0 spiro atoms. The van der Waals surface area contributed by atoms with E-state index >= 15 is 0 Å². The number of hydrogen-bond donors (Lipinski definition) is 1. The first-order chi connectivity index (χ1) is 8.84. The molecule has 0 amide bonds. The second-order valence-electron chi connectivity index (χ2n) is 4.98. The van der Waals surface area contributed by atoms with Crippen LogP contribution in [0.15, 0.2) is 36.5 Å². The quantitative estimate of drug-likeness (QED) is 0.831. The third-order valence-electron chi connectivity index (χ3n) is 3.67. The van der Waals surface area contributed by atoms with Crippen LogP contribution in [0.2, 0.25) is 0 Å². The highest BCUT2D eigenvalue weighted by Crippen LogP contribution is 2.26. The second kappa shape index (κ2) is 4.94. The van der Waals surface area contributed by atoms with Crippen molar-refractivity contribution < 1.29 is 0 Å². The summed E-state index contributed by atoms with van der Waals surface area (Å²) in [5.74, 6) is 0. The second-order valence-corrected chi connectivity index (χ2v) is 4.98. The van der Waals surface area contributed by atoms with Crippen LogP contribution in [0.3, 0.4) is 0 Å². The van der Waals surface area contributed by atoms with Gasteiger partial charge in [0.15, 0.2) is 0 Å². The van der Waals surface area contributed by atoms with Gasteiger partial charge in [-0.15, -0.1) is 0 Å². The molecular weight excluding hydrogens is 222 g/mol. The van der Waals surface area contributed by atoms with E-state index in [1.54, 1.807) is 0 Å². The fourth-order valence-corrected chi connectivity index (χ4v) is 2.61. The Labute approximate surface area is 108 Å². The van der Waals surface area contributed by atoms with E-state index in [1.165, 1.54) is 17.5 Å². The van der Waals surface area contributed by atoms with Gasteiger partial charge in [0.25, 0.3) is 0 Å². The Hall–Kier alpha value is -1.61. The summed E-state index contributed by atoms with van der Waals surface area (Å²) in [7, 11) is 0. The lowest BCUT2D eigenvalue weighted by molar-refractivity contribution is 0.566. The highest BCUT2D eigenvalue weighted by molar-refractivity contribution is 5.91. The summed E-state index contributed by atoms with van der Waals surface area (Å²) in [6, 6.07) is 11.2. The predicted molar refractivity (Wildman–Crippen MR) is 76.0 cm³/mol. The molecule has 2 aromatic rings. The summed E-state index contributed by atoms with van der Waals surface area (Å²) < 4.78 is 0. The molecule has 3 heteroatoms. The van der Waals surface area contributed by atoms with Gasteiger partial charge < -0.3 is 10.2 Å². The van der Waals surface area contributed by atoms with Gasteiger partial charge in [-0.05, 0) is 37.6 Å². The molecule has 3 nitrogen and oxygen atoms in total. The van der Waals surface area contributed by atoms with Gasteiger partial charge in [-0.3, -0.25) is 4.98 Å². The normalized spacial score (nSPS) is 20.9. The number of aromatic nitrogens is 1. The highest BCUT2D eigenvalue weighted by Gasteiger charge is 2.15. The van der Waals surface area contributed by atoms with Crippen LogP contribution in [-0.2, 0) is 0 Å². The Morgan fingerprint density at radius 1 is 1.22 bits per heavy atom. The van der Waals surface area contributed by atoms with Gasteiger partial charge in [-0.25, -0.2) is 0 Å². The number of rotatable bonds is 1. The summed E-state index contributed by atoms with van der Waals surface area (Å²) in [4.78, 5) is 6.91. The minimum absolute atomic E-state index is 0.614. The van der Waals surface area contributed by atoms with Gasteiger partial charge >= 0.3 is 0 Å². The average molecular weight is 241 g/mol. The van der Waals surface area contributed by atoms with Crippen LogP contribution in [0, 0.1) is 0 Å². The standard InChI is InChI=1S/C15H19N3/c1-12-7-10-18(11-9-16-12)15-6-2-5-14-13(15)4-3-8-17-14/h2-6,8,12,16H,7,9-11H2,1H3. The number of fused-ring (bicyclic) bond motifs is 1. The van der Waals surface area contributed by atoms with Crippen LogP contribution in [0.4, 0.5) is 5.69 Å². The molecule has 1 N–H and O–H groups in total. The molecule has 0 radical (unpaired) electrons. The van der Waals surface area contributed by atoms with Gasteiger partial charge in [0.05, 0.1) is 5.52 Å². The van der Waals surface area contributed by atoms with E-state index in [-0.39, 0.29) is 0 Å². The number of pyridine rings is 1. The number of nitrogens with zero attached hydrogens (tertiary/aromatic N) is 2. The maximum absolute atomic E-state index is 4.43. The number of anilines is 1. The van der Waals surface area contributed by atoms with Crippen LogP contribution >= 0.6 is 0 Å². The van der Waals surface area contributed by atoms with E-state index in [0.29, 0.717) is 6.04 Å². The maximum Gasteiger partial charge on any atom is 0.0722 e. The van der Waals surface area contributed by atoms with Crippen molar-refractivity contribution in [2.45, 2.75) is 19.4 Å². The molecular formula is C15H19N3. The molecule has 1 aliphatic heterocycles. The van der Waals surface area contributed by atoms with Gasteiger partial charge in [0.2, 0.25) is 0 Å². The molecule has 1 unspecified atom stereocenters. The topological polar surface area (TPSA) is 28.2 Å². The average Bonchev–Trinajstić information content (AvgIpc) is 2.63. The molecule has 1 aromatic carbocycles. The molecule has 94 valence electrons. The Balaban J connectivity index is 1.98. The van der Waals surface area contributed by atoms with Gasteiger partial charge in [-0.2, -0.15) is 0 Å². The highest BCUT2D eigenvalue weighted by atomic mass is 15.2. The molecule has 1 aliphatic rings. The van der Waals surface area contributed by atoms with E-state index in [4.69, 9.17) is 0 Å². The summed E-state index contributed by atoms with van der Waals surface area (Å²) in [6.45, 7) is 5.49. The lowest BCUT2D eigenvalue weighted by Gasteiger charge is -2.23. The van der Waals surface area contributed by atoms with Gasteiger partial charge in [-0.1, -0.05) is 6.07 Å². The molecule has 1 saturated heterocycles. The lowest BCUT2D eigenvalue weighted by atomic mass is 10.1. The fourth-order valence-electron chi connectivity index (χ4n) is 2.61. The third kappa shape index (κ3) is 2.18. The molecule has 0 aliphatic carbocycles. The third-order valence-corrected chi connectivity index (χ3v) is 3.67. The first-order valence-corrected chi connectivity index (χ1v) is 6.67. The molecule has 0 bridgehead atoms. The van der Waals surface area contributed by atoms with Gasteiger partial charge in [0.1, 0.15) is 0 Å². The van der Waals surface area contributed by atoms with E-state index in [9.17, 15) is 0 Å². The largest absolute Gasteiger partial charge is 0.370 e. The zero-order chi connectivity index (χ0) is 12.4. The minimum Gasteiger partial charge on any atom is -0.370 e. The fraction of sp³-hybridized carbons (Fsp3) is 0.400. The Morgan fingerprint density at radius 3 is 3.11 bits per heavy atom. The molecule has 1 fully saturated rings. The van der Waals surface area contributed by atoms with E-state index in [1.807, 2.05) is 12.3 Å². The van der Waals surface area contributed by atoms with Crippen molar-refractivity contribution in [1.82, 2.24) is 10.3 Å². The zero-order valence-corrected chi connectivity index (χ0v) is 10.8. The van der Waals surface area contributed by atoms with Crippen LogP contribution < -0.4 is 10.2 Å². The molecule has 0 saturated carbocycles.